The Morgan fingerprint density at radius 2 is 1.81 bits per heavy atom. The predicted molar refractivity (Wildman–Crippen MR) is 131 cm³/mol. The highest BCUT2D eigenvalue weighted by molar-refractivity contribution is 6.31. The van der Waals surface area contributed by atoms with Gasteiger partial charge in [-0.3, -0.25) is 4.79 Å². The summed E-state index contributed by atoms with van der Waals surface area (Å²) in [5.41, 5.74) is 8.13. The van der Waals surface area contributed by atoms with Crippen molar-refractivity contribution in [1.29, 1.82) is 0 Å². The van der Waals surface area contributed by atoms with Gasteiger partial charge < -0.3 is 15.4 Å². The van der Waals surface area contributed by atoms with E-state index < -0.39 is 5.91 Å². The number of halogens is 1. The zero-order valence-electron chi connectivity index (χ0n) is 18.8. The number of benzene rings is 2. The van der Waals surface area contributed by atoms with Crippen molar-refractivity contribution in [2.75, 3.05) is 18.0 Å². The van der Waals surface area contributed by atoms with E-state index in [0.29, 0.717) is 22.2 Å². The van der Waals surface area contributed by atoms with Crippen molar-refractivity contribution < 1.29 is 9.53 Å². The van der Waals surface area contributed by atoms with Crippen LogP contribution in [0.25, 0.3) is 0 Å². The van der Waals surface area contributed by atoms with Crippen molar-refractivity contribution in [3.05, 3.63) is 83.0 Å². The molecule has 3 aromatic rings. The lowest BCUT2D eigenvalue weighted by Gasteiger charge is -2.29. The lowest BCUT2D eigenvalue weighted by Crippen LogP contribution is -2.29. The van der Waals surface area contributed by atoms with Gasteiger partial charge in [0.1, 0.15) is 5.75 Å². The van der Waals surface area contributed by atoms with Gasteiger partial charge in [-0.1, -0.05) is 56.6 Å². The van der Waals surface area contributed by atoms with E-state index in [1.807, 2.05) is 18.2 Å². The highest BCUT2D eigenvalue weighted by Gasteiger charge is 2.15. The average Bonchev–Trinajstić information content (AvgIpc) is 2.75. The van der Waals surface area contributed by atoms with Crippen molar-refractivity contribution in [3.8, 4) is 11.6 Å². The molecular weight excluding hydrogens is 422 g/mol. The number of nitrogens with zero attached hydrogens (tertiary/aromatic N) is 2. The molecule has 0 fully saturated rings. The lowest BCUT2D eigenvalue weighted by atomic mass is 9.92. The van der Waals surface area contributed by atoms with Crippen molar-refractivity contribution in [3.63, 3.8) is 0 Å². The Hall–Kier alpha value is -3.05. The second kappa shape index (κ2) is 10.5. The summed E-state index contributed by atoms with van der Waals surface area (Å²) in [6.45, 7) is 8.65. The van der Waals surface area contributed by atoms with Crippen LogP contribution < -0.4 is 15.4 Å². The molecule has 2 aromatic carbocycles. The fourth-order valence-corrected chi connectivity index (χ4v) is 3.50. The maximum Gasteiger partial charge on any atom is 0.250 e. The summed E-state index contributed by atoms with van der Waals surface area (Å²) in [7, 11) is 0. The molecule has 0 aliphatic rings. The first-order chi connectivity index (χ1) is 15.2. The van der Waals surface area contributed by atoms with Crippen LogP contribution in [-0.2, 0) is 6.42 Å². The molecule has 32 heavy (non-hydrogen) atoms. The third-order valence-corrected chi connectivity index (χ3v) is 5.52. The van der Waals surface area contributed by atoms with Crippen LogP contribution in [0.3, 0.4) is 0 Å². The number of nitrogens with two attached hydrogens (primary N) is 1. The Balaban J connectivity index is 1.66. The van der Waals surface area contributed by atoms with Gasteiger partial charge in [0.05, 0.1) is 5.56 Å². The monoisotopic (exact) mass is 451 g/mol. The molecule has 168 valence electrons. The maximum absolute atomic E-state index is 11.2. The van der Waals surface area contributed by atoms with Crippen LogP contribution in [-0.4, -0.2) is 24.0 Å². The van der Waals surface area contributed by atoms with Crippen LogP contribution in [0.15, 0.2) is 66.9 Å². The minimum Gasteiger partial charge on any atom is -0.439 e. The summed E-state index contributed by atoms with van der Waals surface area (Å²) < 4.78 is 5.76. The number of carbonyl (C=O) groups is 1. The number of rotatable bonds is 9. The van der Waals surface area contributed by atoms with Crippen molar-refractivity contribution in [2.24, 2.45) is 11.1 Å². The van der Waals surface area contributed by atoms with Crippen molar-refractivity contribution in [2.45, 2.75) is 33.6 Å². The zero-order valence-corrected chi connectivity index (χ0v) is 19.6. The van der Waals surface area contributed by atoms with Crippen LogP contribution in [0, 0.1) is 5.41 Å². The van der Waals surface area contributed by atoms with Crippen LogP contribution in [0.4, 0.5) is 5.69 Å². The minimum atomic E-state index is -0.525. The van der Waals surface area contributed by atoms with Gasteiger partial charge in [-0.05, 0) is 54.2 Å². The number of ether oxygens (including phenoxy) is 1. The first-order valence-corrected chi connectivity index (χ1v) is 11.1. The van der Waals surface area contributed by atoms with Gasteiger partial charge in [-0.15, -0.1) is 0 Å². The summed E-state index contributed by atoms with van der Waals surface area (Å²) in [5, 5.41) is 0.653. The van der Waals surface area contributed by atoms with E-state index in [9.17, 15) is 4.79 Å². The molecule has 3 rings (SSSR count). The Bertz CT molecular complexity index is 1030. The number of hydrogen-bond acceptors (Lipinski definition) is 4. The predicted octanol–water partition coefficient (Wildman–Crippen LogP) is 6.11. The Morgan fingerprint density at radius 1 is 1.06 bits per heavy atom. The standard InChI is InChI=1S/C26H30ClN3O2/c1-26(2,3)14-16-30(21-7-5-4-6-8-21)15-13-19-9-11-22(17-23(19)27)32-24-12-10-20(18-29-24)25(28)31/h4-12,17-18H,13-16H2,1-3H3,(H2,28,31). The molecule has 5 nitrogen and oxygen atoms in total. The fourth-order valence-electron chi connectivity index (χ4n) is 3.24. The van der Waals surface area contributed by atoms with E-state index in [2.05, 4.69) is 54.9 Å². The summed E-state index contributed by atoms with van der Waals surface area (Å²) in [5.74, 6) is 0.436. The summed E-state index contributed by atoms with van der Waals surface area (Å²) in [4.78, 5) is 17.7. The summed E-state index contributed by atoms with van der Waals surface area (Å²) in [6, 6.07) is 19.3. The second-order valence-corrected chi connectivity index (χ2v) is 9.40. The topological polar surface area (TPSA) is 68.5 Å². The molecule has 0 aliphatic heterocycles. The van der Waals surface area contributed by atoms with Gasteiger partial charge >= 0.3 is 0 Å². The van der Waals surface area contributed by atoms with Crippen LogP contribution in [0.2, 0.25) is 5.02 Å². The van der Waals surface area contributed by atoms with Gasteiger partial charge in [-0.2, -0.15) is 0 Å². The Morgan fingerprint density at radius 3 is 2.41 bits per heavy atom. The number of carbonyl (C=O) groups excluding carboxylic acids is 1. The number of para-hydroxylation sites is 1. The van der Waals surface area contributed by atoms with Gasteiger partial charge in [0.25, 0.3) is 0 Å². The third-order valence-electron chi connectivity index (χ3n) is 5.17. The molecule has 0 radical (unpaired) electrons. The number of primary amides is 1. The highest BCUT2D eigenvalue weighted by atomic mass is 35.5. The second-order valence-electron chi connectivity index (χ2n) is 8.99. The normalized spacial score (nSPS) is 11.2. The third kappa shape index (κ3) is 6.99. The SMILES string of the molecule is CC(C)(C)CCN(CCc1ccc(Oc2ccc(C(N)=O)cn2)cc1Cl)c1ccccc1. The Labute approximate surface area is 195 Å². The zero-order chi connectivity index (χ0) is 23.1. The van der Waals surface area contributed by atoms with Gasteiger partial charge in [0, 0.05) is 36.1 Å². The molecule has 0 spiro atoms. The molecule has 0 atom stereocenters. The number of aromatic nitrogens is 1. The van der Waals surface area contributed by atoms with Gasteiger partial charge in [-0.25, -0.2) is 4.98 Å². The number of amides is 1. The first kappa shape index (κ1) is 23.6. The molecule has 0 saturated heterocycles. The average molecular weight is 452 g/mol. The number of hydrogen-bond donors (Lipinski definition) is 1. The fraction of sp³-hybridized carbons (Fsp3) is 0.308. The van der Waals surface area contributed by atoms with Gasteiger partial charge in [0.15, 0.2) is 0 Å². The van der Waals surface area contributed by atoms with E-state index >= 15 is 0 Å². The summed E-state index contributed by atoms with van der Waals surface area (Å²) in [6.07, 6.45) is 3.32. The quantitative estimate of drug-likeness (QED) is 0.426. The van der Waals surface area contributed by atoms with Crippen molar-refractivity contribution in [1.82, 2.24) is 4.98 Å². The van der Waals surface area contributed by atoms with E-state index in [1.54, 1.807) is 18.2 Å². The molecule has 2 N–H and O–H groups in total. The van der Waals surface area contributed by atoms with E-state index in [1.165, 1.54) is 11.9 Å². The summed E-state index contributed by atoms with van der Waals surface area (Å²) >= 11 is 6.56. The van der Waals surface area contributed by atoms with E-state index in [-0.39, 0.29) is 5.41 Å². The smallest absolute Gasteiger partial charge is 0.250 e. The lowest BCUT2D eigenvalue weighted by molar-refractivity contribution is 0.1000. The Kier molecular flexibility index (Phi) is 7.75. The van der Waals surface area contributed by atoms with E-state index in [4.69, 9.17) is 22.1 Å². The molecule has 1 heterocycles. The largest absolute Gasteiger partial charge is 0.439 e. The molecular formula is C26H30ClN3O2. The molecule has 0 unspecified atom stereocenters. The van der Waals surface area contributed by atoms with Crippen LogP contribution in [0.1, 0.15) is 43.1 Å². The van der Waals surface area contributed by atoms with Crippen molar-refractivity contribution >= 4 is 23.2 Å². The molecule has 0 aliphatic carbocycles. The molecule has 1 aromatic heterocycles. The molecule has 0 bridgehead atoms. The molecule has 6 heteroatoms. The first-order valence-electron chi connectivity index (χ1n) is 10.7. The minimum absolute atomic E-state index is 0.271. The highest BCUT2D eigenvalue weighted by Crippen LogP contribution is 2.27. The van der Waals surface area contributed by atoms with Crippen LogP contribution >= 0.6 is 11.6 Å². The molecule has 1 amide bonds. The van der Waals surface area contributed by atoms with E-state index in [0.717, 1.165) is 31.5 Å². The van der Waals surface area contributed by atoms with Crippen LogP contribution in [0.5, 0.6) is 11.6 Å². The van der Waals surface area contributed by atoms with Gasteiger partial charge in [0.2, 0.25) is 11.8 Å². The number of pyridine rings is 1. The molecule has 0 saturated carbocycles. The maximum atomic E-state index is 11.2. The number of anilines is 1.